The van der Waals surface area contributed by atoms with E-state index in [4.69, 9.17) is 14.2 Å². The molecule has 0 aliphatic carbocycles. The van der Waals surface area contributed by atoms with Crippen molar-refractivity contribution in [1.29, 1.82) is 0 Å². The average molecular weight is 503 g/mol. The Morgan fingerprint density at radius 3 is 2.69 bits per heavy atom. The highest BCUT2D eigenvalue weighted by molar-refractivity contribution is 5.78. The molecule has 2 aliphatic rings. The van der Waals surface area contributed by atoms with Gasteiger partial charge in [-0.2, -0.15) is 9.97 Å². The lowest BCUT2D eigenvalue weighted by Gasteiger charge is -2.37. The van der Waals surface area contributed by atoms with Crippen molar-refractivity contribution in [2.45, 2.75) is 32.3 Å². The molecule has 1 amide bonds. The summed E-state index contributed by atoms with van der Waals surface area (Å²) in [5.41, 5.74) is 0.952. The van der Waals surface area contributed by atoms with Crippen LogP contribution >= 0.6 is 0 Å². The second-order valence-corrected chi connectivity index (χ2v) is 8.67. The molecule has 0 spiro atoms. The molecule has 12 heteroatoms. The largest absolute Gasteiger partial charge is 0.470 e. The van der Waals surface area contributed by atoms with Gasteiger partial charge in [0.2, 0.25) is 11.8 Å². The van der Waals surface area contributed by atoms with Crippen LogP contribution < -0.4 is 9.64 Å². The number of unbranched alkanes of at least 4 members (excludes halogenated alkanes) is 1. The fourth-order valence-electron chi connectivity index (χ4n) is 4.14. The Labute approximate surface area is 206 Å². The molecule has 5 rings (SSSR count). The van der Waals surface area contributed by atoms with E-state index in [1.807, 2.05) is 11.8 Å². The van der Waals surface area contributed by atoms with E-state index in [0.717, 1.165) is 12.8 Å². The van der Waals surface area contributed by atoms with E-state index in [1.165, 1.54) is 10.6 Å². The Hall–Kier alpha value is -3.54. The first-order chi connectivity index (χ1) is 17.5. The van der Waals surface area contributed by atoms with Gasteiger partial charge in [0, 0.05) is 19.2 Å². The maximum Gasteiger partial charge on any atom is 0.410 e. The molecule has 192 valence electrons. The number of anilines is 1. The fraction of sp³-hybridized carbons (Fsp3) is 0.500. The minimum absolute atomic E-state index is 0.237. The van der Waals surface area contributed by atoms with Gasteiger partial charge < -0.3 is 24.0 Å². The molecule has 0 N–H and O–H groups in total. The van der Waals surface area contributed by atoms with Crippen molar-refractivity contribution in [2.24, 2.45) is 0 Å². The topological polar surface area (TPSA) is 94.8 Å². The molecular formula is C24H28F2N6O4. The van der Waals surface area contributed by atoms with Crippen LogP contribution in [-0.4, -0.2) is 82.6 Å². The summed E-state index contributed by atoms with van der Waals surface area (Å²) in [5.74, 6) is 0.432. The molecule has 4 heterocycles. The van der Waals surface area contributed by atoms with Crippen molar-refractivity contribution in [3.63, 3.8) is 0 Å². The molecule has 0 bridgehead atoms. The number of ether oxygens (including phenoxy) is 3. The number of hydrogen-bond donors (Lipinski definition) is 0. The van der Waals surface area contributed by atoms with Crippen molar-refractivity contribution < 1.29 is 27.8 Å². The van der Waals surface area contributed by atoms with E-state index in [-0.39, 0.29) is 23.9 Å². The van der Waals surface area contributed by atoms with Crippen molar-refractivity contribution >= 4 is 23.1 Å². The summed E-state index contributed by atoms with van der Waals surface area (Å²) < 4.78 is 46.0. The van der Waals surface area contributed by atoms with Crippen LogP contribution in [0.4, 0.5) is 19.5 Å². The van der Waals surface area contributed by atoms with Crippen molar-refractivity contribution in [3.8, 4) is 11.7 Å². The van der Waals surface area contributed by atoms with Gasteiger partial charge in [-0.25, -0.2) is 18.6 Å². The number of hydrogen-bond acceptors (Lipinski definition) is 8. The number of aromatic nitrogens is 4. The number of amides is 1. The Kier molecular flexibility index (Phi) is 7.12. The van der Waals surface area contributed by atoms with Crippen LogP contribution in [0.2, 0.25) is 0 Å². The van der Waals surface area contributed by atoms with E-state index in [2.05, 4.69) is 15.0 Å². The number of imidazole rings is 1. The standard InChI is InChI=1S/C24H28F2N6O4/c1-2-3-10-35-24(33)31-14-16(15-31)36-20-13-19(28-23(29-20)30-8-11-34-12-9-30)32-18-7-5-4-6-17(18)27-22(32)21(25)26/h4-7,13,16,21H,2-3,8-12,14-15H2,1H3. The number of alkyl halides is 2. The van der Waals surface area contributed by atoms with Gasteiger partial charge in [-0.1, -0.05) is 25.5 Å². The van der Waals surface area contributed by atoms with Crippen LogP contribution in [0.3, 0.4) is 0 Å². The molecule has 0 atom stereocenters. The molecular weight excluding hydrogens is 474 g/mol. The number of fused-ring (bicyclic) bond motifs is 1. The number of morpholine rings is 1. The highest BCUT2D eigenvalue weighted by atomic mass is 19.3. The molecule has 0 saturated carbocycles. The number of benzene rings is 1. The number of likely N-dealkylation sites (tertiary alicyclic amines) is 1. The second-order valence-electron chi connectivity index (χ2n) is 8.67. The lowest BCUT2D eigenvalue weighted by atomic mass is 10.2. The molecule has 2 aromatic heterocycles. The van der Waals surface area contributed by atoms with Crippen LogP contribution in [0.5, 0.6) is 5.88 Å². The fourth-order valence-corrected chi connectivity index (χ4v) is 4.14. The SMILES string of the molecule is CCCCOC(=O)N1CC(Oc2cc(-n3c(C(F)F)nc4ccccc43)nc(N3CCOCC3)n2)C1. The summed E-state index contributed by atoms with van der Waals surface area (Å²) in [5, 5.41) is 0. The predicted molar refractivity (Wildman–Crippen MR) is 127 cm³/mol. The highest BCUT2D eigenvalue weighted by Gasteiger charge is 2.34. The number of carbonyl (C=O) groups excluding carboxylic acids is 1. The molecule has 1 aromatic carbocycles. The summed E-state index contributed by atoms with van der Waals surface area (Å²) in [7, 11) is 0. The number of nitrogens with zero attached hydrogens (tertiary/aromatic N) is 6. The van der Waals surface area contributed by atoms with E-state index in [9.17, 15) is 13.6 Å². The van der Waals surface area contributed by atoms with Crippen molar-refractivity contribution in [1.82, 2.24) is 24.4 Å². The van der Waals surface area contributed by atoms with Gasteiger partial charge in [0.15, 0.2) is 5.82 Å². The first-order valence-electron chi connectivity index (χ1n) is 12.1. The third-order valence-electron chi connectivity index (χ3n) is 6.10. The zero-order chi connectivity index (χ0) is 25.1. The van der Waals surface area contributed by atoms with Crippen molar-refractivity contribution in [3.05, 3.63) is 36.2 Å². The smallest absolute Gasteiger partial charge is 0.410 e. The molecule has 0 unspecified atom stereocenters. The van der Waals surface area contributed by atoms with E-state index >= 15 is 0 Å². The average Bonchev–Trinajstić information content (AvgIpc) is 3.26. The van der Waals surface area contributed by atoms with Gasteiger partial charge in [0.25, 0.3) is 6.43 Å². The lowest BCUT2D eigenvalue weighted by molar-refractivity contribution is 0.00886. The van der Waals surface area contributed by atoms with Crippen LogP contribution in [0.15, 0.2) is 30.3 Å². The van der Waals surface area contributed by atoms with Crippen LogP contribution in [0.1, 0.15) is 32.0 Å². The molecule has 2 fully saturated rings. The summed E-state index contributed by atoms with van der Waals surface area (Å²) in [6.45, 7) is 5.28. The minimum Gasteiger partial charge on any atom is -0.470 e. The number of para-hydroxylation sites is 2. The zero-order valence-electron chi connectivity index (χ0n) is 20.0. The summed E-state index contributed by atoms with van der Waals surface area (Å²) in [4.78, 5) is 28.9. The number of halogens is 2. The summed E-state index contributed by atoms with van der Waals surface area (Å²) >= 11 is 0. The minimum atomic E-state index is -2.80. The van der Waals surface area contributed by atoms with Crippen LogP contribution in [0.25, 0.3) is 16.9 Å². The zero-order valence-corrected chi connectivity index (χ0v) is 20.0. The Morgan fingerprint density at radius 1 is 1.17 bits per heavy atom. The predicted octanol–water partition coefficient (Wildman–Crippen LogP) is 3.59. The summed E-state index contributed by atoms with van der Waals surface area (Å²) in [6.07, 6.45) is -1.70. The van der Waals surface area contributed by atoms with Gasteiger partial charge in [0.05, 0.1) is 43.9 Å². The van der Waals surface area contributed by atoms with E-state index in [0.29, 0.717) is 63.0 Å². The summed E-state index contributed by atoms with van der Waals surface area (Å²) in [6, 6.07) is 8.45. The van der Waals surface area contributed by atoms with Gasteiger partial charge in [-0.05, 0) is 18.6 Å². The van der Waals surface area contributed by atoms with Gasteiger partial charge >= 0.3 is 6.09 Å². The van der Waals surface area contributed by atoms with Crippen LogP contribution in [-0.2, 0) is 9.47 Å². The second kappa shape index (κ2) is 10.6. The van der Waals surface area contributed by atoms with Gasteiger partial charge in [0.1, 0.15) is 11.9 Å². The van der Waals surface area contributed by atoms with Gasteiger partial charge in [-0.15, -0.1) is 0 Å². The number of rotatable bonds is 8. The third kappa shape index (κ3) is 5.03. The monoisotopic (exact) mass is 502 g/mol. The Balaban J connectivity index is 1.42. The highest BCUT2D eigenvalue weighted by Crippen LogP contribution is 2.30. The Bertz CT molecular complexity index is 1210. The quantitative estimate of drug-likeness (QED) is 0.432. The number of carbonyl (C=O) groups is 1. The van der Waals surface area contributed by atoms with E-state index in [1.54, 1.807) is 29.2 Å². The third-order valence-corrected chi connectivity index (χ3v) is 6.10. The molecule has 36 heavy (non-hydrogen) atoms. The van der Waals surface area contributed by atoms with E-state index < -0.39 is 12.2 Å². The lowest BCUT2D eigenvalue weighted by Crippen LogP contribution is -2.56. The maximum absolute atomic E-state index is 14.0. The normalized spacial score (nSPS) is 16.4. The van der Waals surface area contributed by atoms with Crippen LogP contribution in [0, 0.1) is 0 Å². The van der Waals surface area contributed by atoms with Gasteiger partial charge in [-0.3, -0.25) is 4.57 Å². The molecule has 0 radical (unpaired) electrons. The molecule has 2 aliphatic heterocycles. The first kappa shape index (κ1) is 24.2. The molecule has 3 aromatic rings. The maximum atomic E-state index is 14.0. The molecule has 10 nitrogen and oxygen atoms in total. The Morgan fingerprint density at radius 2 is 1.94 bits per heavy atom. The van der Waals surface area contributed by atoms with Crippen molar-refractivity contribution in [2.75, 3.05) is 50.9 Å². The first-order valence-corrected chi connectivity index (χ1v) is 12.1. The molecule has 2 saturated heterocycles.